The molecule has 1 aromatic rings. The molecular weight excluding hydrogens is 408 g/mol. The van der Waals surface area contributed by atoms with Crippen molar-refractivity contribution in [2.75, 3.05) is 25.9 Å². The van der Waals surface area contributed by atoms with Crippen molar-refractivity contribution in [1.82, 2.24) is 9.80 Å². The van der Waals surface area contributed by atoms with E-state index in [1.54, 1.807) is 0 Å². The average molecular weight is 439 g/mol. The fourth-order valence-corrected chi connectivity index (χ4v) is 5.86. The van der Waals surface area contributed by atoms with Crippen molar-refractivity contribution in [3.8, 4) is 0 Å². The van der Waals surface area contributed by atoms with Gasteiger partial charge in [0, 0.05) is 34.4 Å². The third-order valence-corrected chi connectivity index (χ3v) is 7.88. The van der Waals surface area contributed by atoms with E-state index in [1.165, 1.54) is 50.9 Å². The summed E-state index contributed by atoms with van der Waals surface area (Å²) >= 11 is 5.57. The summed E-state index contributed by atoms with van der Waals surface area (Å²) in [4.78, 5) is 17.8. The molecule has 2 aliphatic rings. The van der Waals surface area contributed by atoms with Crippen molar-refractivity contribution in [2.24, 2.45) is 0 Å². The lowest BCUT2D eigenvalue weighted by Gasteiger charge is -2.45. The first-order chi connectivity index (χ1) is 12.6. The smallest absolute Gasteiger partial charge is 0.253 e. The number of amides is 1. The Hall–Kier alpha value is -0.520. The highest BCUT2D eigenvalue weighted by Crippen LogP contribution is 2.35. The molecule has 0 radical (unpaired) electrons. The Morgan fingerprint density at radius 3 is 2.58 bits per heavy atom. The van der Waals surface area contributed by atoms with Crippen LogP contribution in [0.25, 0.3) is 0 Å². The van der Waals surface area contributed by atoms with Crippen molar-refractivity contribution >= 4 is 33.6 Å². The molecule has 3 nitrogen and oxygen atoms in total. The summed E-state index contributed by atoms with van der Waals surface area (Å²) in [6.45, 7) is 4.66. The second-order valence-electron chi connectivity index (χ2n) is 7.61. The number of rotatable bonds is 6. The second-order valence-corrected chi connectivity index (χ2v) is 9.93. The van der Waals surface area contributed by atoms with Gasteiger partial charge in [0.1, 0.15) is 0 Å². The highest BCUT2D eigenvalue weighted by molar-refractivity contribution is 9.10. The van der Waals surface area contributed by atoms with E-state index < -0.39 is 0 Å². The molecule has 144 valence electrons. The molecule has 3 rings (SSSR count). The van der Waals surface area contributed by atoms with Crippen LogP contribution in [0.5, 0.6) is 0 Å². The monoisotopic (exact) mass is 438 g/mol. The minimum absolute atomic E-state index is 0.160. The van der Waals surface area contributed by atoms with Crippen LogP contribution in [0.1, 0.15) is 55.8 Å². The zero-order chi connectivity index (χ0) is 18.5. The third kappa shape index (κ3) is 4.85. The number of likely N-dealkylation sites (tertiary alicyclic amines) is 1. The second kappa shape index (κ2) is 9.61. The van der Waals surface area contributed by atoms with Crippen LogP contribution in [0.4, 0.5) is 0 Å². The van der Waals surface area contributed by atoms with Crippen LogP contribution in [0.3, 0.4) is 0 Å². The van der Waals surface area contributed by atoms with E-state index in [0.29, 0.717) is 17.3 Å². The van der Waals surface area contributed by atoms with Crippen LogP contribution in [0.2, 0.25) is 0 Å². The van der Waals surface area contributed by atoms with Crippen molar-refractivity contribution in [1.29, 1.82) is 0 Å². The Morgan fingerprint density at radius 1 is 1.23 bits per heavy atom. The van der Waals surface area contributed by atoms with Gasteiger partial charge >= 0.3 is 0 Å². The van der Waals surface area contributed by atoms with Crippen LogP contribution in [-0.4, -0.2) is 58.9 Å². The van der Waals surface area contributed by atoms with Gasteiger partial charge in [-0.1, -0.05) is 22.9 Å². The zero-order valence-electron chi connectivity index (χ0n) is 16.0. The molecule has 0 aromatic heterocycles. The van der Waals surface area contributed by atoms with E-state index in [9.17, 15) is 4.79 Å². The third-order valence-electron chi connectivity index (χ3n) is 5.81. The van der Waals surface area contributed by atoms with Gasteiger partial charge < -0.3 is 4.90 Å². The number of thioether (sulfide) groups is 1. The van der Waals surface area contributed by atoms with Gasteiger partial charge in [0.25, 0.3) is 5.91 Å². The number of benzene rings is 1. The maximum absolute atomic E-state index is 13.1. The largest absolute Gasteiger partial charge is 0.337 e. The highest BCUT2D eigenvalue weighted by atomic mass is 79.9. The van der Waals surface area contributed by atoms with Crippen molar-refractivity contribution < 1.29 is 4.79 Å². The molecule has 3 atom stereocenters. The van der Waals surface area contributed by atoms with Gasteiger partial charge in [0.05, 0.1) is 0 Å². The summed E-state index contributed by atoms with van der Waals surface area (Å²) in [6, 6.07) is 8.63. The Balaban J connectivity index is 1.75. The molecule has 2 fully saturated rings. The Labute approximate surface area is 171 Å². The minimum Gasteiger partial charge on any atom is -0.337 e. The van der Waals surface area contributed by atoms with Crippen LogP contribution >= 0.6 is 27.7 Å². The summed E-state index contributed by atoms with van der Waals surface area (Å²) in [5.41, 5.74) is 0.791. The van der Waals surface area contributed by atoms with Crippen LogP contribution in [0.15, 0.2) is 28.7 Å². The SMILES string of the molecule is CCCSC1CCC(N2CCCC2)C(N(C)C(=O)c2ccc(Br)cc2)C1. The Bertz CT molecular complexity index is 588. The topological polar surface area (TPSA) is 23.6 Å². The van der Waals surface area contributed by atoms with Crippen molar-refractivity contribution in [3.05, 3.63) is 34.3 Å². The fraction of sp³-hybridized carbons (Fsp3) is 0.667. The van der Waals surface area contributed by atoms with Crippen molar-refractivity contribution in [2.45, 2.75) is 62.8 Å². The van der Waals surface area contributed by atoms with E-state index in [4.69, 9.17) is 0 Å². The number of hydrogen-bond donors (Lipinski definition) is 0. The van der Waals surface area contributed by atoms with Gasteiger partial charge in [-0.05, 0) is 81.6 Å². The van der Waals surface area contributed by atoms with Crippen LogP contribution in [0, 0.1) is 0 Å². The van der Waals surface area contributed by atoms with Gasteiger partial charge in [0.2, 0.25) is 0 Å². The van der Waals surface area contributed by atoms with Gasteiger partial charge in [-0.25, -0.2) is 0 Å². The van der Waals surface area contributed by atoms with E-state index >= 15 is 0 Å². The molecule has 1 heterocycles. The number of likely N-dealkylation sites (N-methyl/N-ethyl adjacent to an activating group) is 1. The minimum atomic E-state index is 0.160. The van der Waals surface area contributed by atoms with Gasteiger partial charge in [-0.15, -0.1) is 0 Å². The van der Waals surface area contributed by atoms with Gasteiger partial charge in [0.15, 0.2) is 0 Å². The van der Waals surface area contributed by atoms with E-state index in [-0.39, 0.29) is 5.91 Å². The van der Waals surface area contributed by atoms with Gasteiger partial charge in [-0.2, -0.15) is 11.8 Å². The maximum Gasteiger partial charge on any atom is 0.253 e. The predicted molar refractivity (Wildman–Crippen MR) is 115 cm³/mol. The first kappa shape index (κ1) is 20.2. The number of halogens is 1. The van der Waals surface area contributed by atoms with E-state index in [2.05, 4.69) is 39.5 Å². The molecule has 1 saturated carbocycles. The molecule has 0 N–H and O–H groups in total. The molecule has 1 aliphatic heterocycles. The molecular formula is C21H31BrN2OS. The normalized spacial score (nSPS) is 26.8. The van der Waals surface area contributed by atoms with Gasteiger partial charge in [-0.3, -0.25) is 9.69 Å². The molecule has 1 saturated heterocycles. The average Bonchev–Trinajstić information content (AvgIpc) is 3.20. The quantitative estimate of drug-likeness (QED) is 0.620. The lowest BCUT2D eigenvalue weighted by Crippen LogP contribution is -2.55. The molecule has 26 heavy (non-hydrogen) atoms. The zero-order valence-corrected chi connectivity index (χ0v) is 18.4. The molecule has 1 aromatic carbocycles. The lowest BCUT2D eigenvalue weighted by atomic mass is 9.87. The number of hydrogen-bond acceptors (Lipinski definition) is 3. The summed E-state index contributed by atoms with van der Waals surface area (Å²) in [5.74, 6) is 1.39. The molecule has 1 aliphatic carbocycles. The maximum atomic E-state index is 13.1. The highest BCUT2D eigenvalue weighted by Gasteiger charge is 2.39. The molecule has 5 heteroatoms. The van der Waals surface area contributed by atoms with E-state index in [1.807, 2.05) is 36.2 Å². The summed E-state index contributed by atoms with van der Waals surface area (Å²) in [6.07, 6.45) is 7.50. The van der Waals surface area contributed by atoms with Crippen LogP contribution < -0.4 is 0 Å². The van der Waals surface area contributed by atoms with Crippen molar-refractivity contribution in [3.63, 3.8) is 0 Å². The first-order valence-corrected chi connectivity index (χ1v) is 11.8. The number of nitrogens with zero attached hydrogens (tertiary/aromatic N) is 2. The predicted octanol–water partition coefficient (Wildman–Crippen LogP) is 5.05. The Morgan fingerprint density at radius 2 is 1.92 bits per heavy atom. The molecule has 0 bridgehead atoms. The summed E-state index contributed by atoms with van der Waals surface area (Å²) in [5, 5.41) is 0.693. The van der Waals surface area contributed by atoms with Crippen LogP contribution in [-0.2, 0) is 0 Å². The summed E-state index contributed by atoms with van der Waals surface area (Å²) < 4.78 is 1.01. The number of carbonyl (C=O) groups is 1. The Kier molecular flexibility index (Phi) is 7.47. The molecule has 0 spiro atoms. The number of carbonyl (C=O) groups excluding carboxylic acids is 1. The standard InChI is InChI=1S/C21H31BrN2OS/c1-3-14-26-18-10-11-19(24-12-4-5-13-24)20(15-18)23(2)21(25)16-6-8-17(22)9-7-16/h6-9,18-20H,3-5,10-15H2,1-2H3. The van der Waals surface area contributed by atoms with E-state index in [0.717, 1.165) is 16.5 Å². The first-order valence-electron chi connectivity index (χ1n) is 9.98. The fourth-order valence-electron chi connectivity index (χ4n) is 4.39. The summed E-state index contributed by atoms with van der Waals surface area (Å²) in [7, 11) is 2.02. The lowest BCUT2D eigenvalue weighted by molar-refractivity contribution is 0.0505. The molecule has 3 unspecified atom stereocenters. The molecule has 1 amide bonds.